The first-order valence-corrected chi connectivity index (χ1v) is 7.72. The number of piperazine rings is 1. The second-order valence-electron chi connectivity index (χ2n) is 6.75. The van der Waals surface area contributed by atoms with E-state index in [0.717, 1.165) is 19.0 Å². The van der Waals surface area contributed by atoms with Crippen molar-refractivity contribution in [2.45, 2.75) is 57.0 Å². The molecular weight excluding hydrogens is 234 g/mol. The molecule has 3 nitrogen and oxygen atoms in total. The van der Waals surface area contributed by atoms with Gasteiger partial charge in [0.15, 0.2) is 0 Å². The van der Waals surface area contributed by atoms with Crippen molar-refractivity contribution in [2.75, 3.05) is 18.0 Å². The average Bonchev–Trinajstić information content (AvgIpc) is 3.05. The molecule has 0 spiro atoms. The number of rotatable bonds is 3. The first-order chi connectivity index (χ1) is 9.22. The van der Waals surface area contributed by atoms with Crippen LogP contribution in [-0.2, 0) is 0 Å². The first kappa shape index (κ1) is 11.7. The molecule has 3 aliphatic rings. The standard InChI is InChI=1S/C16H23N3/c1-10(2)15-8-18-16(6-14(15)11-3-4-11)19-9-12-5-13(19)7-17-12/h6,8,10-13,17H,3-5,7,9H2,1-2H3/t12-,13-/m0/s1. The fourth-order valence-electron chi connectivity index (χ4n) is 3.70. The lowest BCUT2D eigenvalue weighted by Crippen LogP contribution is -2.44. The summed E-state index contributed by atoms with van der Waals surface area (Å²) in [5.74, 6) is 2.63. The third-order valence-corrected chi connectivity index (χ3v) is 4.94. The van der Waals surface area contributed by atoms with Gasteiger partial charge in [0.25, 0.3) is 0 Å². The minimum atomic E-state index is 0.592. The third-order valence-electron chi connectivity index (χ3n) is 4.94. The fourth-order valence-corrected chi connectivity index (χ4v) is 3.70. The van der Waals surface area contributed by atoms with Crippen LogP contribution < -0.4 is 10.2 Å². The third kappa shape index (κ3) is 1.95. The minimum absolute atomic E-state index is 0.592. The highest BCUT2D eigenvalue weighted by Crippen LogP contribution is 2.44. The van der Waals surface area contributed by atoms with Gasteiger partial charge in [-0.3, -0.25) is 0 Å². The van der Waals surface area contributed by atoms with Gasteiger partial charge in [-0.15, -0.1) is 0 Å². The van der Waals surface area contributed by atoms with Gasteiger partial charge in [-0.1, -0.05) is 13.8 Å². The SMILES string of the molecule is CC(C)c1cnc(N2C[C@@H]3C[C@H]2CN3)cc1C1CC1. The Bertz CT molecular complexity index is 493. The summed E-state index contributed by atoms with van der Waals surface area (Å²) in [5, 5.41) is 3.57. The van der Waals surface area contributed by atoms with Crippen molar-refractivity contribution in [3.8, 4) is 0 Å². The number of pyridine rings is 1. The minimum Gasteiger partial charge on any atom is -0.351 e. The number of fused-ring (bicyclic) bond motifs is 2. The smallest absolute Gasteiger partial charge is 0.129 e. The molecule has 1 N–H and O–H groups in total. The molecule has 3 fully saturated rings. The molecule has 2 aliphatic heterocycles. The van der Waals surface area contributed by atoms with Crippen molar-refractivity contribution in [1.29, 1.82) is 0 Å². The highest BCUT2D eigenvalue weighted by molar-refractivity contribution is 5.49. The van der Waals surface area contributed by atoms with E-state index < -0.39 is 0 Å². The molecule has 19 heavy (non-hydrogen) atoms. The van der Waals surface area contributed by atoms with E-state index in [1.807, 2.05) is 0 Å². The van der Waals surface area contributed by atoms with Crippen molar-refractivity contribution in [2.24, 2.45) is 0 Å². The van der Waals surface area contributed by atoms with Gasteiger partial charge in [-0.25, -0.2) is 4.98 Å². The van der Waals surface area contributed by atoms with Crippen molar-refractivity contribution < 1.29 is 0 Å². The molecule has 1 aromatic heterocycles. The summed E-state index contributed by atoms with van der Waals surface area (Å²) in [6.45, 7) is 6.84. The molecule has 1 saturated carbocycles. The van der Waals surface area contributed by atoms with Crippen molar-refractivity contribution in [3.63, 3.8) is 0 Å². The maximum Gasteiger partial charge on any atom is 0.129 e. The van der Waals surface area contributed by atoms with Crippen molar-refractivity contribution >= 4 is 5.82 Å². The molecule has 2 atom stereocenters. The Hall–Kier alpha value is -1.09. The number of anilines is 1. The van der Waals surface area contributed by atoms with Gasteiger partial charge in [0.05, 0.1) is 0 Å². The Morgan fingerprint density at radius 1 is 1.37 bits per heavy atom. The van der Waals surface area contributed by atoms with Gasteiger partial charge in [-0.2, -0.15) is 0 Å². The molecule has 0 unspecified atom stereocenters. The lowest BCUT2D eigenvalue weighted by atomic mass is 9.96. The van der Waals surface area contributed by atoms with Crippen LogP contribution in [0.4, 0.5) is 5.82 Å². The average molecular weight is 257 g/mol. The molecule has 4 rings (SSSR count). The summed E-state index contributed by atoms with van der Waals surface area (Å²) in [7, 11) is 0. The van der Waals surface area contributed by atoms with E-state index >= 15 is 0 Å². The second kappa shape index (κ2) is 4.20. The summed E-state index contributed by atoms with van der Waals surface area (Å²) in [6, 6.07) is 3.77. The van der Waals surface area contributed by atoms with Crippen LogP contribution in [0.3, 0.4) is 0 Å². The molecule has 102 valence electrons. The van der Waals surface area contributed by atoms with E-state index in [-0.39, 0.29) is 0 Å². The summed E-state index contributed by atoms with van der Waals surface area (Å²) >= 11 is 0. The zero-order valence-corrected chi connectivity index (χ0v) is 11.9. The van der Waals surface area contributed by atoms with Gasteiger partial charge in [-0.05, 0) is 48.3 Å². The van der Waals surface area contributed by atoms with Crippen molar-refractivity contribution in [3.05, 3.63) is 23.4 Å². The maximum absolute atomic E-state index is 4.77. The van der Waals surface area contributed by atoms with Gasteiger partial charge >= 0.3 is 0 Å². The molecule has 1 aliphatic carbocycles. The van der Waals surface area contributed by atoms with Crippen LogP contribution in [0.25, 0.3) is 0 Å². The van der Waals surface area contributed by atoms with E-state index in [1.54, 1.807) is 5.56 Å². The molecule has 3 heterocycles. The molecule has 1 aromatic rings. The van der Waals surface area contributed by atoms with E-state index in [4.69, 9.17) is 4.98 Å². The van der Waals surface area contributed by atoms with Crippen LogP contribution in [-0.4, -0.2) is 30.2 Å². The highest BCUT2D eigenvalue weighted by atomic mass is 15.3. The van der Waals surface area contributed by atoms with Crippen LogP contribution in [0.2, 0.25) is 0 Å². The highest BCUT2D eigenvalue weighted by Gasteiger charge is 2.38. The number of aromatic nitrogens is 1. The van der Waals surface area contributed by atoms with Crippen LogP contribution in [0.1, 0.15) is 56.1 Å². The van der Waals surface area contributed by atoms with Crippen molar-refractivity contribution in [1.82, 2.24) is 10.3 Å². The summed E-state index contributed by atoms with van der Waals surface area (Å²) in [5.41, 5.74) is 3.05. The number of nitrogens with zero attached hydrogens (tertiary/aromatic N) is 2. The first-order valence-electron chi connectivity index (χ1n) is 7.72. The predicted molar refractivity (Wildman–Crippen MR) is 77.8 cm³/mol. The second-order valence-corrected chi connectivity index (χ2v) is 6.75. The molecule has 0 radical (unpaired) electrons. The van der Waals surface area contributed by atoms with E-state index in [2.05, 4.69) is 36.3 Å². The zero-order valence-electron chi connectivity index (χ0n) is 11.9. The molecule has 3 heteroatoms. The lowest BCUT2D eigenvalue weighted by Gasteiger charge is -2.29. The number of hydrogen-bond acceptors (Lipinski definition) is 3. The van der Waals surface area contributed by atoms with Gasteiger partial charge in [0.1, 0.15) is 5.82 Å². The van der Waals surface area contributed by atoms with Gasteiger partial charge < -0.3 is 10.2 Å². The summed E-state index contributed by atoms with van der Waals surface area (Å²) in [6.07, 6.45) is 6.19. The van der Waals surface area contributed by atoms with Crippen LogP contribution in [0.5, 0.6) is 0 Å². The van der Waals surface area contributed by atoms with Gasteiger partial charge in [0.2, 0.25) is 0 Å². The topological polar surface area (TPSA) is 28.2 Å². The van der Waals surface area contributed by atoms with Crippen LogP contribution in [0.15, 0.2) is 12.3 Å². The molecule has 2 saturated heterocycles. The van der Waals surface area contributed by atoms with Gasteiger partial charge in [0, 0.05) is 31.4 Å². The predicted octanol–water partition coefficient (Wildman–Crippen LogP) is 2.63. The fraction of sp³-hybridized carbons (Fsp3) is 0.688. The van der Waals surface area contributed by atoms with Crippen LogP contribution in [0, 0.1) is 0 Å². The molecular formula is C16H23N3. The number of hydrogen-bond donors (Lipinski definition) is 1. The van der Waals surface area contributed by atoms with Crippen LogP contribution >= 0.6 is 0 Å². The Morgan fingerprint density at radius 2 is 2.21 bits per heavy atom. The Balaban J connectivity index is 1.68. The largest absolute Gasteiger partial charge is 0.351 e. The Kier molecular flexibility index (Phi) is 2.59. The normalized spacial score (nSPS) is 29.5. The number of nitrogens with one attached hydrogen (secondary N) is 1. The van der Waals surface area contributed by atoms with E-state index in [9.17, 15) is 0 Å². The quantitative estimate of drug-likeness (QED) is 0.902. The summed E-state index contributed by atoms with van der Waals surface area (Å²) in [4.78, 5) is 7.29. The monoisotopic (exact) mass is 257 g/mol. The van der Waals surface area contributed by atoms with E-state index in [0.29, 0.717) is 18.0 Å². The zero-order chi connectivity index (χ0) is 13.0. The molecule has 2 bridgehead atoms. The Morgan fingerprint density at radius 3 is 2.79 bits per heavy atom. The molecule has 0 aromatic carbocycles. The Labute approximate surface area is 115 Å². The summed E-state index contributed by atoms with van der Waals surface area (Å²) < 4.78 is 0. The molecule has 0 amide bonds. The van der Waals surface area contributed by atoms with E-state index in [1.165, 1.54) is 30.6 Å². The maximum atomic E-state index is 4.77. The lowest BCUT2D eigenvalue weighted by molar-refractivity contribution is 0.576.